The standard InChI is InChI=1S/C13H15F2N3O2/c1-2-20-11(19)4-3-5-18-10-7-8(14)6-9(15)12(10)17-13(18)16/h6-7H,2-5H2,1H3,(H2,16,17). The van der Waals surface area contributed by atoms with E-state index in [-0.39, 0.29) is 29.4 Å². The lowest BCUT2D eigenvalue weighted by molar-refractivity contribution is -0.143. The molecule has 7 heteroatoms. The van der Waals surface area contributed by atoms with Gasteiger partial charge in [-0.1, -0.05) is 0 Å². The maximum atomic E-state index is 13.5. The lowest BCUT2D eigenvalue weighted by Crippen LogP contribution is -2.08. The number of aromatic nitrogens is 2. The Bertz CT molecular complexity index is 640. The van der Waals surface area contributed by atoms with Crippen LogP contribution in [0.25, 0.3) is 11.0 Å². The number of halogens is 2. The first kappa shape index (κ1) is 14.2. The minimum Gasteiger partial charge on any atom is -0.466 e. The van der Waals surface area contributed by atoms with E-state index in [4.69, 9.17) is 10.5 Å². The average Bonchev–Trinajstić information content (AvgIpc) is 2.67. The van der Waals surface area contributed by atoms with E-state index in [0.29, 0.717) is 19.6 Å². The number of imidazole rings is 1. The van der Waals surface area contributed by atoms with E-state index in [9.17, 15) is 13.6 Å². The van der Waals surface area contributed by atoms with Crippen LogP contribution in [0, 0.1) is 11.6 Å². The summed E-state index contributed by atoms with van der Waals surface area (Å²) in [6.45, 7) is 2.39. The summed E-state index contributed by atoms with van der Waals surface area (Å²) in [5.41, 5.74) is 6.00. The molecule has 1 aromatic heterocycles. The molecule has 0 spiro atoms. The van der Waals surface area contributed by atoms with E-state index < -0.39 is 11.6 Å². The van der Waals surface area contributed by atoms with Crippen molar-refractivity contribution in [3.63, 3.8) is 0 Å². The van der Waals surface area contributed by atoms with Crippen molar-refractivity contribution in [2.75, 3.05) is 12.3 Å². The van der Waals surface area contributed by atoms with Gasteiger partial charge >= 0.3 is 5.97 Å². The SMILES string of the molecule is CCOC(=O)CCCn1c(N)nc2c(F)cc(F)cc21. The number of nitrogens with two attached hydrogens (primary N) is 1. The number of rotatable bonds is 5. The summed E-state index contributed by atoms with van der Waals surface area (Å²) in [5, 5.41) is 0. The highest BCUT2D eigenvalue weighted by Crippen LogP contribution is 2.22. The van der Waals surface area contributed by atoms with Crippen LogP contribution in [-0.4, -0.2) is 22.1 Å². The molecule has 1 aromatic carbocycles. The number of ether oxygens (including phenoxy) is 1. The monoisotopic (exact) mass is 283 g/mol. The first-order valence-electron chi connectivity index (χ1n) is 6.29. The van der Waals surface area contributed by atoms with E-state index in [0.717, 1.165) is 6.07 Å². The van der Waals surface area contributed by atoms with Gasteiger partial charge in [0.2, 0.25) is 5.95 Å². The van der Waals surface area contributed by atoms with Gasteiger partial charge in [0.1, 0.15) is 11.3 Å². The molecule has 0 unspecified atom stereocenters. The lowest BCUT2D eigenvalue weighted by Gasteiger charge is -2.06. The molecule has 20 heavy (non-hydrogen) atoms. The van der Waals surface area contributed by atoms with Gasteiger partial charge in [-0.05, 0) is 13.3 Å². The number of carbonyl (C=O) groups excluding carboxylic acids is 1. The van der Waals surface area contributed by atoms with Crippen LogP contribution in [0.4, 0.5) is 14.7 Å². The molecule has 0 aliphatic heterocycles. The quantitative estimate of drug-likeness (QED) is 0.854. The summed E-state index contributed by atoms with van der Waals surface area (Å²) in [6.07, 6.45) is 0.664. The third-order valence-corrected chi connectivity index (χ3v) is 2.87. The summed E-state index contributed by atoms with van der Waals surface area (Å²) in [6, 6.07) is 1.93. The zero-order chi connectivity index (χ0) is 14.7. The second-order valence-electron chi connectivity index (χ2n) is 4.29. The van der Waals surface area contributed by atoms with Gasteiger partial charge in [-0.2, -0.15) is 0 Å². The number of hydrogen-bond donors (Lipinski definition) is 1. The lowest BCUT2D eigenvalue weighted by atomic mass is 10.2. The molecule has 2 aromatic rings. The normalized spacial score (nSPS) is 10.9. The van der Waals surface area contributed by atoms with Gasteiger partial charge < -0.3 is 15.0 Å². The van der Waals surface area contributed by atoms with E-state index in [1.54, 1.807) is 6.92 Å². The molecule has 2 N–H and O–H groups in total. The van der Waals surface area contributed by atoms with Crippen molar-refractivity contribution in [2.24, 2.45) is 0 Å². The number of anilines is 1. The van der Waals surface area contributed by atoms with Crippen molar-refractivity contribution in [1.29, 1.82) is 0 Å². The minimum atomic E-state index is -0.754. The average molecular weight is 283 g/mol. The molecule has 0 saturated heterocycles. The van der Waals surface area contributed by atoms with Gasteiger partial charge in [-0.25, -0.2) is 13.8 Å². The molecular formula is C13H15F2N3O2. The van der Waals surface area contributed by atoms with Crippen molar-refractivity contribution in [1.82, 2.24) is 9.55 Å². The highest BCUT2D eigenvalue weighted by molar-refractivity contribution is 5.79. The molecule has 1 heterocycles. The fraction of sp³-hybridized carbons (Fsp3) is 0.385. The van der Waals surface area contributed by atoms with Crippen LogP contribution in [0.3, 0.4) is 0 Å². The summed E-state index contributed by atoms with van der Waals surface area (Å²) < 4.78 is 33.1. The van der Waals surface area contributed by atoms with Crippen molar-refractivity contribution in [2.45, 2.75) is 26.3 Å². The number of carbonyl (C=O) groups is 1. The zero-order valence-electron chi connectivity index (χ0n) is 11.0. The Morgan fingerprint density at radius 2 is 2.20 bits per heavy atom. The van der Waals surface area contributed by atoms with Crippen molar-refractivity contribution in [3.8, 4) is 0 Å². The molecule has 0 bridgehead atoms. The Labute approximate surface area is 114 Å². The summed E-state index contributed by atoms with van der Waals surface area (Å²) in [4.78, 5) is 15.1. The van der Waals surface area contributed by atoms with Crippen LogP contribution in [0.15, 0.2) is 12.1 Å². The fourth-order valence-corrected chi connectivity index (χ4v) is 2.02. The van der Waals surface area contributed by atoms with Crippen LogP contribution >= 0.6 is 0 Å². The molecule has 2 rings (SSSR count). The molecule has 0 amide bonds. The molecule has 0 aliphatic rings. The number of hydrogen-bond acceptors (Lipinski definition) is 4. The van der Waals surface area contributed by atoms with Gasteiger partial charge in [0.25, 0.3) is 0 Å². The molecular weight excluding hydrogens is 268 g/mol. The third-order valence-electron chi connectivity index (χ3n) is 2.87. The Morgan fingerprint density at radius 1 is 1.45 bits per heavy atom. The predicted octanol–water partition coefficient (Wildman–Crippen LogP) is 2.24. The van der Waals surface area contributed by atoms with E-state index in [2.05, 4.69) is 4.98 Å². The van der Waals surface area contributed by atoms with E-state index in [1.807, 2.05) is 0 Å². The van der Waals surface area contributed by atoms with Crippen LogP contribution in [0.2, 0.25) is 0 Å². The van der Waals surface area contributed by atoms with Crippen LogP contribution in [0.5, 0.6) is 0 Å². The third kappa shape index (κ3) is 2.87. The summed E-state index contributed by atoms with van der Waals surface area (Å²) in [5.74, 6) is -1.67. The molecule has 0 atom stereocenters. The summed E-state index contributed by atoms with van der Waals surface area (Å²) >= 11 is 0. The first-order valence-corrected chi connectivity index (χ1v) is 6.29. The fourth-order valence-electron chi connectivity index (χ4n) is 2.02. The minimum absolute atomic E-state index is 0.0278. The topological polar surface area (TPSA) is 70.1 Å². The maximum Gasteiger partial charge on any atom is 0.305 e. The smallest absolute Gasteiger partial charge is 0.305 e. The van der Waals surface area contributed by atoms with Gasteiger partial charge in [0.15, 0.2) is 5.82 Å². The van der Waals surface area contributed by atoms with E-state index in [1.165, 1.54) is 10.6 Å². The predicted molar refractivity (Wildman–Crippen MR) is 69.9 cm³/mol. The first-order chi connectivity index (χ1) is 9.52. The second-order valence-corrected chi connectivity index (χ2v) is 4.29. The highest BCUT2D eigenvalue weighted by atomic mass is 19.1. The molecule has 5 nitrogen and oxygen atoms in total. The molecule has 0 saturated carbocycles. The number of nitrogens with zero attached hydrogens (tertiary/aromatic N) is 2. The number of benzene rings is 1. The Balaban J connectivity index is 2.17. The second kappa shape index (κ2) is 5.85. The number of esters is 1. The van der Waals surface area contributed by atoms with Gasteiger partial charge in [-0.15, -0.1) is 0 Å². The number of aryl methyl sites for hydroxylation is 1. The van der Waals surface area contributed by atoms with Crippen molar-refractivity contribution >= 4 is 23.0 Å². The zero-order valence-corrected chi connectivity index (χ0v) is 11.0. The molecule has 0 fully saturated rings. The van der Waals surface area contributed by atoms with E-state index >= 15 is 0 Å². The molecule has 108 valence electrons. The van der Waals surface area contributed by atoms with Crippen LogP contribution in [-0.2, 0) is 16.1 Å². The van der Waals surface area contributed by atoms with Crippen molar-refractivity contribution in [3.05, 3.63) is 23.8 Å². The van der Waals surface area contributed by atoms with Crippen molar-refractivity contribution < 1.29 is 18.3 Å². The molecule has 0 radical (unpaired) electrons. The number of fused-ring (bicyclic) bond motifs is 1. The molecule has 0 aliphatic carbocycles. The summed E-state index contributed by atoms with van der Waals surface area (Å²) in [7, 11) is 0. The Kier molecular flexibility index (Phi) is 4.16. The maximum absolute atomic E-state index is 13.5. The number of nitrogen functional groups attached to an aromatic ring is 1. The Morgan fingerprint density at radius 3 is 2.90 bits per heavy atom. The largest absolute Gasteiger partial charge is 0.466 e. The van der Waals surface area contributed by atoms with Gasteiger partial charge in [0, 0.05) is 25.1 Å². The van der Waals surface area contributed by atoms with Gasteiger partial charge in [0.05, 0.1) is 12.1 Å². The Hall–Kier alpha value is -2.18. The van der Waals surface area contributed by atoms with Crippen LogP contribution in [0.1, 0.15) is 19.8 Å². The highest BCUT2D eigenvalue weighted by Gasteiger charge is 2.14. The van der Waals surface area contributed by atoms with Gasteiger partial charge in [-0.3, -0.25) is 4.79 Å². The van der Waals surface area contributed by atoms with Crippen LogP contribution < -0.4 is 5.73 Å².